The minimum atomic E-state index is -0.607. The lowest BCUT2D eigenvalue weighted by Gasteiger charge is -2.30. The lowest BCUT2D eigenvalue weighted by Crippen LogP contribution is -2.46. The van der Waals surface area contributed by atoms with Crippen LogP contribution in [0.1, 0.15) is 41.0 Å². The van der Waals surface area contributed by atoms with Crippen LogP contribution in [-0.4, -0.2) is 40.3 Å². The smallest absolute Gasteiger partial charge is 0.410 e. The van der Waals surface area contributed by atoms with Gasteiger partial charge in [0.15, 0.2) is 0 Å². The van der Waals surface area contributed by atoms with Crippen LogP contribution in [0.5, 0.6) is 0 Å². The third-order valence-corrected chi connectivity index (χ3v) is 2.62. The normalized spacial score (nSPS) is 13.1. The lowest BCUT2D eigenvalue weighted by atomic mass is 10.0. The van der Waals surface area contributed by atoms with Crippen molar-refractivity contribution in [2.75, 3.05) is 11.7 Å². The van der Waals surface area contributed by atoms with Gasteiger partial charge in [0.2, 0.25) is 0 Å². The molecule has 0 heterocycles. The number of alkyl halides is 1. The van der Waals surface area contributed by atoms with Gasteiger partial charge in [-0.3, -0.25) is 4.90 Å². The molecule has 1 amide bonds. The van der Waals surface area contributed by atoms with Crippen molar-refractivity contribution < 1.29 is 19.1 Å². The molecule has 0 saturated heterocycles. The van der Waals surface area contributed by atoms with Crippen LogP contribution < -0.4 is 0 Å². The highest BCUT2D eigenvalue weighted by Crippen LogP contribution is 2.16. The number of carbonyl (C=O) groups excluding carboxylic acids is 2. The highest BCUT2D eigenvalue weighted by molar-refractivity contribution is 14.1. The van der Waals surface area contributed by atoms with E-state index in [1.807, 2.05) is 36.4 Å². The Hall–Kier alpha value is -0.530. The second-order valence-corrected chi connectivity index (χ2v) is 6.43. The number of hydrogen-bond acceptors (Lipinski definition) is 4. The molecular weight excluding hydrogens is 361 g/mol. The number of nitrogens with zero attached hydrogens (tertiary/aromatic N) is 1. The molecule has 0 bridgehead atoms. The van der Waals surface area contributed by atoms with E-state index in [1.165, 1.54) is 4.90 Å². The van der Waals surface area contributed by atoms with Gasteiger partial charge in [-0.2, -0.15) is 0 Å². The van der Waals surface area contributed by atoms with Gasteiger partial charge in [-0.05, 0) is 55.7 Å². The summed E-state index contributed by atoms with van der Waals surface area (Å²) in [6.45, 7) is 9.36. The van der Waals surface area contributed by atoms with Gasteiger partial charge in [0, 0.05) is 7.05 Å². The molecule has 6 heteroatoms. The maximum Gasteiger partial charge on any atom is 0.410 e. The molecule has 0 aliphatic carbocycles. The van der Waals surface area contributed by atoms with Crippen LogP contribution in [0.3, 0.4) is 0 Å². The Bertz CT molecular complexity index is 312. The molecule has 0 rings (SSSR count). The third-order valence-electron chi connectivity index (χ3n) is 2.31. The van der Waals surface area contributed by atoms with Crippen LogP contribution in [0.2, 0.25) is 0 Å². The van der Waals surface area contributed by atoms with E-state index < -0.39 is 23.7 Å². The summed E-state index contributed by atoms with van der Waals surface area (Å²) < 4.78 is 10.5. The SMILES string of the molecule is CC(C)C[C@H](C(=O)OCI)N(C)C(=O)OC(C)(C)C. The zero-order chi connectivity index (χ0) is 15.2. The molecule has 0 aromatic carbocycles. The van der Waals surface area contributed by atoms with Crippen molar-refractivity contribution in [1.82, 2.24) is 4.90 Å². The van der Waals surface area contributed by atoms with Crippen molar-refractivity contribution in [3.63, 3.8) is 0 Å². The number of halogens is 1. The molecule has 0 aliphatic heterocycles. The van der Waals surface area contributed by atoms with E-state index in [0.717, 1.165) is 0 Å². The Morgan fingerprint density at radius 1 is 1.26 bits per heavy atom. The molecule has 0 spiro atoms. The van der Waals surface area contributed by atoms with Gasteiger partial charge in [-0.15, -0.1) is 0 Å². The van der Waals surface area contributed by atoms with Gasteiger partial charge in [-0.25, -0.2) is 9.59 Å². The molecule has 1 atom stereocenters. The second-order valence-electron chi connectivity index (χ2n) is 5.81. The first-order valence-corrected chi connectivity index (χ1v) is 7.79. The van der Waals surface area contributed by atoms with Crippen molar-refractivity contribution in [3.05, 3.63) is 0 Å². The Kier molecular flexibility index (Phi) is 7.69. The lowest BCUT2D eigenvalue weighted by molar-refractivity contribution is -0.147. The first-order chi connectivity index (χ1) is 8.58. The molecule has 0 N–H and O–H groups in total. The number of esters is 1. The largest absolute Gasteiger partial charge is 0.453 e. The molecule has 0 fully saturated rings. The van der Waals surface area contributed by atoms with Gasteiger partial charge >= 0.3 is 12.1 Å². The van der Waals surface area contributed by atoms with Crippen LogP contribution >= 0.6 is 22.6 Å². The van der Waals surface area contributed by atoms with Gasteiger partial charge < -0.3 is 9.47 Å². The van der Waals surface area contributed by atoms with E-state index in [2.05, 4.69) is 0 Å². The van der Waals surface area contributed by atoms with Crippen LogP contribution in [0.25, 0.3) is 0 Å². The maximum absolute atomic E-state index is 12.0. The van der Waals surface area contributed by atoms with E-state index in [4.69, 9.17) is 9.47 Å². The predicted molar refractivity (Wildman–Crippen MR) is 82.2 cm³/mol. The molecule has 19 heavy (non-hydrogen) atoms. The van der Waals surface area contributed by atoms with Crippen molar-refractivity contribution >= 4 is 34.7 Å². The van der Waals surface area contributed by atoms with E-state index in [1.54, 1.807) is 27.8 Å². The number of likely N-dealkylation sites (N-methyl/N-ethyl adjacent to an activating group) is 1. The highest BCUT2D eigenvalue weighted by atomic mass is 127. The van der Waals surface area contributed by atoms with E-state index >= 15 is 0 Å². The summed E-state index contributed by atoms with van der Waals surface area (Å²) in [6.07, 6.45) is 0.0362. The Morgan fingerprint density at radius 3 is 2.16 bits per heavy atom. The molecule has 112 valence electrons. The average Bonchev–Trinajstić information content (AvgIpc) is 2.22. The number of rotatable bonds is 5. The molecular formula is C13H24INO4. The number of carbonyl (C=O) groups is 2. The summed E-state index contributed by atoms with van der Waals surface area (Å²) >= 11 is 1.95. The Balaban J connectivity index is 4.84. The standard InChI is InChI=1S/C13H24INO4/c1-9(2)7-10(11(16)18-8-14)15(6)12(17)19-13(3,4)5/h9-10H,7-8H2,1-6H3/t10-/m1/s1. The van der Waals surface area contributed by atoms with Gasteiger partial charge in [0.25, 0.3) is 0 Å². The van der Waals surface area contributed by atoms with Gasteiger partial charge in [0.1, 0.15) is 16.3 Å². The molecule has 0 aromatic heterocycles. The van der Waals surface area contributed by atoms with Crippen molar-refractivity contribution in [2.45, 2.75) is 52.7 Å². The molecule has 5 nitrogen and oxygen atoms in total. The van der Waals surface area contributed by atoms with Crippen LogP contribution in [0.4, 0.5) is 4.79 Å². The number of hydrogen-bond donors (Lipinski definition) is 0. The quantitative estimate of drug-likeness (QED) is 0.414. The fourth-order valence-electron chi connectivity index (χ4n) is 1.47. The summed E-state index contributed by atoms with van der Waals surface area (Å²) in [7, 11) is 1.57. The van der Waals surface area contributed by atoms with Gasteiger partial charge in [0.05, 0.1) is 0 Å². The molecule has 0 radical (unpaired) electrons. The van der Waals surface area contributed by atoms with E-state index in [-0.39, 0.29) is 10.5 Å². The molecule has 0 aromatic rings. The first kappa shape index (κ1) is 18.5. The average molecular weight is 385 g/mol. The summed E-state index contributed by atoms with van der Waals surface area (Å²) in [5, 5.41) is 0. The minimum absolute atomic E-state index is 0.271. The maximum atomic E-state index is 12.0. The third kappa shape index (κ3) is 7.59. The zero-order valence-corrected chi connectivity index (χ0v) is 14.7. The second kappa shape index (κ2) is 7.91. The monoisotopic (exact) mass is 385 g/mol. The first-order valence-electron chi connectivity index (χ1n) is 6.27. The zero-order valence-electron chi connectivity index (χ0n) is 12.5. The molecule has 0 saturated carbocycles. The van der Waals surface area contributed by atoms with Crippen molar-refractivity contribution in [1.29, 1.82) is 0 Å². The van der Waals surface area contributed by atoms with Crippen LogP contribution in [0.15, 0.2) is 0 Å². The molecule has 0 aliphatic rings. The fraction of sp³-hybridized carbons (Fsp3) is 0.846. The summed E-state index contributed by atoms with van der Waals surface area (Å²) in [5.74, 6) is -0.117. The minimum Gasteiger partial charge on any atom is -0.453 e. The topological polar surface area (TPSA) is 55.8 Å². The Labute approximate surface area is 129 Å². The number of amides is 1. The summed E-state index contributed by atoms with van der Waals surface area (Å²) in [6, 6.07) is -0.607. The predicted octanol–water partition coefficient (Wildman–Crippen LogP) is 3.20. The van der Waals surface area contributed by atoms with Crippen LogP contribution in [0, 0.1) is 5.92 Å². The molecule has 0 unspecified atom stereocenters. The van der Waals surface area contributed by atoms with E-state index in [0.29, 0.717) is 6.42 Å². The summed E-state index contributed by atoms with van der Waals surface area (Å²) in [5.41, 5.74) is -0.582. The fourth-order valence-corrected chi connectivity index (χ4v) is 1.78. The van der Waals surface area contributed by atoms with Crippen LogP contribution in [-0.2, 0) is 14.3 Å². The van der Waals surface area contributed by atoms with E-state index in [9.17, 15) is 9.59 Å². The Morgan fingerprint density at radius 2 is 1.79 bits per heavy atom. The van der Waals surface area contributed by atoms with Gasteiger partial charge in [-0.1, -0.05) is 13.8 Å². The highest BCUT2D eigenvalue weighted by Gasteiger charge is 2.31. The van der Waals surface area contributed by atoms with Crippen molar-refractivity contribution in [2.24, 2.45) is 5.92 Å². The van der Waals surface area contributed by atoms with Crippen molar-refractivity contribution in [3.8, 4) is 0 Å². The number of ether oxygens (including phenoxy) is 2. The summed E-state index contributed by atoms with van der Waals surface area (Å²) in [4.78, 5) is 25.2.